The summed E-state index contributed by atoms with van der Waals surface area (Å²) < 4.78 is 77.0. The molecule has 0 fully saturated rings. The number of halogens is 6. The fourth-order valence-corrected chi connectivity index (χ4v) is 1.87. The zero-order chi connectivity index (χ0) is 19.3. The van der Waals surface area contributed by atoms with E-state index in [1.807, 2.05) is 13.8 Å². The molecule has 0 saturated heterocycles. The fourth-order valence-electron chi connectivity index (χ4n) is 1.87. The number of rotatable bonds is 6. The fraction of sp³-hybridized carbons (Fsp3) is 0.438. The molecule has 0 aromatic heterocycles. The predicted molar refractivity (Wildman–Crippen MR) is 81.2 cm³/mol. The molecule has 138 valence electrons. The molecule has 1 aromatic carbocycles. The molecule has 3 nitrogen and oxygen atoms in total. The SMILES string of the molecule is CC(C)CCNC(=CC#N)Nc1cc(C(F)(F)F)cc(C(F)(F)F)c1. The van der Waals surface area contributed by atoms with Crippen molar-refractivity contribution < 1.29 is 26.3 Å². The average Bonchev–Trinajstić information content (AvgIpc) is 2.45. The summed E-state index contributed by atoms with van der Waals surface area (Å²) >= 11 is 0. The van der Waals surface area contributed by atoms with Crippen molar-refractivity contribution in [3.05, 3.63) is 41.2 Å². The summed E-state index contributed by atoms with van der Waals surface area (Å²) in [7, 11) is 0. The Morgan fingerprint density at radius 1 is 1.08 bits per heavy atom. The second kappa shape index (κ2) is 8.14. The minimum atomic E-state index is -4.93. The first-order valence-corrected chi connectivity index (χ1v) is 7.33. The molecule has 0 aliphatic carbocycles. The number of nitrogens with one attached hydrogen (secondary N) is 2. The minimum Gasteiger partial charge on any atom is -0.371 e. The number of nitriles is 1. The quantitative estimate of drug-likeness (QED) is 0.542. The van der Waals surface area contributed by atoms with Gasteiger partial charge in [-0.15, -0.1) is 0 Å². The highest BCUT2D eigenvalue weighted by molar-refractivity contribution is 5.54. The number of anilines is 1. The van der Waals surface area contributed by atoms with Crippen molar-refractivity contribution in [3.63, 3.8) is 0 Å². The van der Waals surface area contributed by atoms with Gasteiger partial charge in [-0.05, 0) is 30.5 Å². The lowest BCUT2D eigenvalue weighted by Gasteiger charge is -2.17. The number of hydrogen-bond acceptors (Lipinski definition) is 3. The zero-order valence-electron chi connectivity index (χ0n) is 13.5. The first-order chi connectivity index (χ1) is 11.4. The Kier molecular flexibility index (Phi) is 6.73. The molecule has 0 unspecified atom stereocenters. The summed E-state index contributed by atoms with van der Waals surface area (Å²) in [5.41, 5.74) is -3.27. The van der Waals surface area contributed by atoms with Crippen molar-refractivity contribution in [2.75, 3.05) is 11.9 Å². The molecule has 0 atom stereocenters. The predicted octanol–water partition coefficient (Wildman–Crippen LogP) is 5.14. The molecule has 0 bridgehead atoms. The topological polar surface area (TPSA) is 47.9 Å². The molecule has 25 heavy (non-hydrogen) atoms. The van der Waals surface area contributed by atoms with Gasteiger partial charge in [0.15, 0.2) is 0 Å². The molecule has 1 aromatic rings. The van der Waals surface area contributed by atoms with Crippen LogP contribution in [0.3, 0.4) is 0 Å². The van der Waals surface area contributed by atoms with Crippen molar-refractivity contribution in [2.24, 2.45) is 5.92 Å². The van der Waals surface area contributed by atoms with E-state index >= 15 is 0 Å². The number of nitrogens with zero attached hydrogens (tertiary/aromatic N) is 1. The smallest absolute Gasteiger partial charge is 0.371 e. The van der Waals surface area contributed by atoms with Crippen molar-refractivity contribution in [2.45, 2.75) is 32.6 Å². The Morgan fingerprint density at radius 3 is 2.00 bits per heavy atom. The van der Waals surface area contributed by atoms with E-state index < -0.39 is 29.2 Å². The number of hydrogen-bond donors (Lipinski definition) is 2. The van der Waals surface area contributed by atoms with E-state index in [9.17, 15) is 26.3 Å². The van der Waals surface area contributed by atoms with Crippen LogP contribution in [-0.2, 0) is 12.4 Å². The Hall–Kier alpha value is -2.37. The van der Waals surface area contributed by atoms with Crippen LogP contribution in [0.5, 0.6) is 0 Å². The summed E-state index contributed by atoms with van der Waals surface area (Å²) in [6, 6.07) is 2.85. The maximum atomic E-state index is 12.8. The number of allylic oxidation sites excluding steroid dienone is 1. The molecule has 0 saturated carbocycles. The first-order valence-electron chi connectivity index (χ1n) is 7.33. The van der Waals surface area contributed by atoms with Gasteiger partial charge in [-0.3, -0.25) is 0 Å². The molecule has 0 aliphatic heterocycles. The third-order valence-corrected chi connectivity index (χ3v) is 3.11. The van der Waals surface area contributed by atoms with Crippen LogP contribution >= 0.6 is 0 Å². The van der Waals surface area contributed by atoms with Gasteiger partial charge in [-0.2, -0.15) is 31.6 Å². The van der Waals surface area contributed by atoms with Gasteiger partial charge < -0.3 is 10.6 Å². The van der Waals surface area contributed by atoms with Crippen LogP contribution in [0, 0.1) is 17.2 Å². The third kappa shape index (κ3) is 6.95. The summed E-state index contributed by atoms with van der Waals surface area (Å²) in [6.07, 6.45) is -8.17. The van der Waals surface area contributed by atoms with Crippen LogP contribution in [-0.4, -0.2) is 6.54 Å². The van der Waals surface area contributed by atoms with Gasteiger partial charge in [0.25, 0.3) is 0 Å². The van der Waals surface area contributed by atoms with Gasteiger partial charge in [-0.1, -0.05) is 13.8 Å². The van der Waals surface area contributed by atoms with E-state index in [1.165, 1.54) is 0 Å². The molecular formula is C16H17F6N3. The van der Waals surface area contributed by atoms with Crippen molar-refractivity contribution >= 4 is 5.69 Å². The summed E-state index contributed by atoms with van der Waals surface area (Å²) in [4.78, 5) is 0. The average molecular weight is 365 g/mol. The van der Waals surface area contributed by atoms with Crippen molar-refractivity contribution in [1.29, 1.82) is 5.26 Å². The Labute approximate surface area is 141 Å². The second-order valence-corrected chi connectivity index (χ2v) is 5.72. The highest BCUT2D eigenvalue weighted by Crippen LogP contribution is 2.37. The van der Waals surface area contributed by atoms with E-state index in [0.717, 1.165) is 6.08 Å². The summed E-state index contributed by atoms with van der Waals surface area (Å²) in [6.45, 7) is 4.31. The highest BCUT2D eigenvalue weighted by atomic mass is 19.4. The summed E-state index contributed by atoms with van der Waals surface area (Å²) in [5, 5.41) is 13.9. The van der Waals surface area contributed by atoms with Crippen LogP contribution in [0.2, 0.25) is 0 Å². The van der Waals surface area contributed by atoms with Crippen LogP contribution < -0.4 is 10.6 Å². The highest BCUT2D eigenvalue weighted by Gasteiger charge is 2.37. The zero-order valence-corrected chi connectivity index (χ0v) is 13.5. The maximum absolute atomic E-state index is 12.8. The van der Waals surface area contributed by atoms with E-state index in [2.05, 4.69) is 10.6 Å². The van der Waals surface area contributed by atoms with Crippen LogP contribution in [0.1, 0.15) is 31.4 Å². The maximum Gasteiger partial charge on any atom is 0.416 e. The van der Waals surface area contributed by atoms with Crippen molar-refractivity contribution in [1.82, 2.24) is 5.32 Å². The molecule has 1 rings (SSSR count). The molecule has 2 N–H and O–H groups in total. The van der Waals surface area contributed by atoms with E-state index in [0.29, 0.717) is 31.0 Å². The minimum absolute atomic E-state index is 0.0237. The Balaban J connectivity index is 3.13. The van der Waals surface area contributed by atoms with Crippen molar-refractivity contribution in [3.8, 4) is 6.07 Å². The van der Waals surface area contributed by atoms with Gasteiger partial charge >= 0.3 is 12.4 Å². The molecule has 0 amide bonds. The number of alkyl halides is 6. The normalized spacial score (nSPS) is 12.9. The Morgan fingerprint density at radius 2 is 1.60 bits per heavy atom. The molecule has 0 heterocycles. The lowest BCUT2D eigenvalue weighted by Crippen LogP contribution is -2.22. The molecule has 0 radical (unpaired) electrons. The molecule has 0 aliphatic rings. The molecule has 9 heteroatoms. The third-order valence-electron chi connectivity index (χ3n) is 3.11. The molecule has 0 spiro atoms. The first kappa shape index (κ1) is 20.7. The Bertz CT molecular complexity index is 621. The van der Waals surface area contributed by atoms with Gasteiger partial charge in [-0.25, -0.2) is 0 Å². The van der Waals surface area contributed by atoms with Gasteiger partial charge in [0.05, 0.1) is 23.3 Å². The van der Waals surface area contributed by atoms with Crippen LogP contribution in [0.25, 0.3) is 0 Å². The standard InChI is InChI=1S/C16H17F6N3/c1-10(2)4-6-24-14(3-5-23)25-13-8-11(15(17,18)19)7-12(9-13)16(20,21)22/h3,7-10,24-25H,4,6H2,1-2H3. The van der Waals surface area contributed by atoms with Gasteiger partial charge in [0.2, 0.25) is 0 Å². The molecular weight excluding hydrogens is 348 g/mol. The van der Waals surface area contributed by atoms with Crippen LogP contribution in [0.15, 0.2) is 30.1 Å². The van der Waals surface area contributed by atoms with E-state index in [4.69, 9.17) is 5.26 Å². The van der Waals surface area contributed by atoms with E-state index in [1.54, 1.807) is 6.07 Å². The largest absolute Gasteiger partial charge is 0.416 e. The van der Waals surface area contributed by atoms with Crippen LogP contribution in [0.4, 0.5) is 32.0 Å². The lowest BCUT2D eigenvalue weighted by molar-refractivity contribution is -0.143. The number of benzene rings is 1. The second-order valence-electron chi connectivity index (χ2n) is 5.72. The monoisotopic (exact) mass is 365 g/mol. The van der Waals surface area contributed by atoms with E-state index in [-0.39, 0.29) is 11.9 Å². The lowest BCUT2D eigenvalue weighted by atomic mass is 10.1. The van der Waals surface area contributed by atoms with Gasteiger partial charge in [0, 0.05) is 12.2 Å². The summed E-state index contributed by atoms with van der Waals surface area (Å²) in [5.74, 6) is 0.358. The van der Waals surface area contributed by atoms with Gasteiger partial charge in [0.1, 0.15) is 5.82 Å².